The van der Waals surface area contributed by atoms with Crippen LogP contribution in [0.2, 0.25) is 0 Å². The predicted molar refractivity (Wildman–Crippen MR) is 54.5 cm³/mol. The Balaban J connectivity index is 2.12. The van der Waals surface area contributed by atoms with E-state index in [1.807, 2.05) is 12.1 Å². The van der Waals surface area contributed by atoms with E-state index >= 15 is 0 Å². The molecule has 1 saturated heterocycles. The number of hydrogen-bond acceptors (Lipinski definition) is 2. The molecule has 0 saturated carbocycles. The van der Waals surface area contributed by atoms with Crippen molar-refractivity contribution in [3.05, 3.63) is 29.8 Å². The third kappa shape index (κ3) is 1.08. The predicted octanol–water partition coefficient (Wildman–Crippen LogP) is 0.853. The molecule has 0 bridgehead atoms. The molecular weight excluding hydrogens is 192 g/mol. The van der Waals surface area contributed by atoms with E-state index < -0.39 is 0 Å². The Morgan fingerprint density at radius 2 is 2.07 bits per heavy atom. The lowest BCUT2D eigenvalue weighted by molar-refractivity contribution is -0.123. The minimum atomic E-state index is -0.259. The number of carbonyl (C=O) groups excluding carboxylic acids is 2. The molecule has 1 aromatic rings. The van der Waals surface area contributed by atoms with Crippen molar-refractivity contribution >= 4 is 17.5 Å². The van der Waals surface area contributed by atoms with Gasteiger partial charge in [0.2, 0.25) is 5.91 Å². The van der Waals surface area contributed by atoms with Crippen LogP contribution in [0.4, 0.5) is 5.69 Å². The second kappa shape index (κ2) is 2.82. The third-order valence-corrected chi connectivity index (χ3v) is 3.00. The molecule has 1 atom stereocenters. The van der Waals surface area contributed by atoms with Crippen LogP contribution in [0.15, 0.2) is 24.3 Å². The molecule has 0 aromatic heterocycles. The van der Waals surface area contributed by atoms with Crippen LogP contribution >= 0.6 is 0 Å². The number of rotatable bonds is 0. The first kappa shape index (κ1) is 8.47. The van der Waals surface area contributed by atoms with E-state index in [1.165, 1.54) is 0 Å². The van der Waals surface area contributed by atoms with Crippen LogP contribution in [0.1, 0.15) is 16.8 Å². The highest BCUT2D eigenvalue weighted by molar-refractivity contribution is 6.10. The minimum Gasteiger partial charge on any atom is -0.326 e. The molecule has 2 amide bonds. The molecule has 0 spiro atoms. The largest absolute Gasteiger partial charge is 0.326 e. The molecule has 76 valence electrons. The van der Waals surface area contributed by atoms with E-state index in [2.05, 4.69) is 5.32 Å². The van der Waals surface area contributed by atoms with Crippen LogP contribution in [0.3, 0.4) is 0 Å². The Kier molecular flexibility index (Phi) is 1.59. The summed E-state index contributed by atoms with van der Waals surface area (Å²) in [6.45, 7) is 0.686. The Hall–Kier alpha value is -1.84. The van der Waals surface area contributed by atoms with E-state index in [4.69, 9.17) is 0 Å². The Labute approximate surface area is 86.9 Å². The number of amides is 2. The number of fused-ring (bicyclic) bond motifs is 2. The van der Waals surface area contributed by atoms with Crippen molar-refractivity contribution in [3.63, 3.8) is 0 Å². The summed E-state index contributed by atoms with van der Waals surface area (Å²) in [6.07, 6.45) is 0.769. The molecule has 1 aromatic carbocycles. The Morgan fingerprint density at radius 3 is 2.80 bits per heavy atom. The van der Waals surface area contributed by atoms with Gasteiger partial charge < -0.3 is 10.2 Å². The maximum absolute atomic E-state index is 12.0. The van der Waals surface area contributed by atoms with Crippen LogP contribution < -0.4 is 5.32 Å². The van der Waals surface area contributed by atoms with Gasteiger partial charge in [-0.3, -0.25) is 9.59 Å². The number of benzene rings is 1. The first-order valence-electron chi connectivity index (χ1n) is 4.98. The van der Waals surface area contributed by atoms with Gasteiger partial charge in [0, 0.05) is 6.54 Å². The van der Waals surface area contributed by atoms with Crippen molar-refractivity contribution in [1.29, 1.82) is 0 Å². The minimum absolute atomic E-state index is 0.0415. The zero-order chi connectivity index (χ0) is 10.4. The van der Waals surface area contributed by atoms with E-state index in [9.17, 15) is 9.59 Å². The van der Waals surface area contributed by atoms with Gasteiger partial charge in [0.05, 0.1) is 11.3 Å². The second-order valence-electron chi connectivity index (χ2n) is 3.84. The maximum atomic E-state index is 12.0. The molecule has 15 heavy (non-hydrogen) atoms. The number of anilines is 1. The van der Waals surface area contributed by atoms with E-state index in [1.54, 1.807) is 17.0 Å². The molecule has 2 aliphatic rings. The summed E-state index contributed by atoms with van der Waals surface area (Å²) in [7, 11) is 0. The molecule has 0 aliphatic carbocycles. The topological polar surface area (TPSA) is 49.4 Å². The van der Waals surface area contributed by atoms with Gasteiger partial charge in [-0.1, -0.05) is 12.1 Å². The van der Waals surface area contributed by atoms with Crippen LogP contribution in [-0.4, -0.2) is 29.3 Å². The Morgan fingerprint density at radius 1 is 1.27 bits per heavy atom. The molecular formula is C11H10N2O2. The lowest BCUT2D eigenvalue weighted by atomic mass is 10.0. The van der Waals surface area contributed by atoms with Gasteiger partial charge in [0.25, 0.3) is 5.91 Å². The molecule has 1 fully saturated rings. The van der Waals surface area contributed by atoms with Crippen LogP contribution in [0.25, 0.3) is 0 Å². The van der Waals surface area contributed by atoms with Crippen LogP contribution in [0.5, 0.6) is 0 Å². The van der Waals surface area contributed by atoms with Crippen molar-refractivity contribution in [3.8, 4) is 0 Å². The fourth-order valence-electron chi connectivity index (χ4n) is 2.05. The molecule has 4 nitrogen and oxygen atoms in total. The standard InChI is InChI=1S/C11H10N2O2/c14-10-9-5-6-13(9)11(15)7-3-1-2-4-8(7)12-10/h1-4,9H,5-6H2,(H,12,14)/t9-/m1/s1. The van der Waals surface area contributed by atoms with Gasteiger partial charge in [-0.2, -0.15) is 0 Å². The number of nitrogens with one attached hydrogen (secondary N) is 1. The molecule has 1 N–H and O–H groups in total. The highest BCUT2D eigenvalue weighted by Gasteiger charge is 2.41. The van der Waals surface area contributed by atoms with Gasteiger partial charge >= 0.3 is 0 Å². The third-order valence-electron chi connectivity index (χ3n) is 3.00. The maximum Gasteiger partial charge on any atom is 0.256 e. The first-order chi connectivity index (χ1) is 7.27. The quantitative estimate of drug-likeness (QED) is 0.678. The van der Waals surface area contributed by atoms with Crippen molar-refractivity contribution in [1.82, 2.24) is 4.90 Å². The zero-order valence-corrected chi connectivity index (χ0v) is 8.06. The van der Waals surface area contributed by atoms with Gasteiger partial charge in [-0.25, -0.2) is 0 Å². The molecule has 3 rings (SSSR count). The average molecular weight is 202 g/mol. The van der Waals surface area contributed by atoms with Gasteiger partial charge in [0.15, 0.2) is 0 Å². The van der Waals surface area contributed by atoms with Gasteiger partial charge in [-0.15, -0.1) is 0 Å². The van der Waals surface area contributed by atoms with E-state index in [0.29, 0.717) is 17.8 Å². The normalized spacial score (nSPS) is 23.5. The smallest absolute Gasteiger partial charge is 0.256 e. The SMILES string of the molecule is O=C1Nc2ccccc2C(=O)N2CC[C@H]12. The number of para-hydroxylation sites is 1. The average Bonchev–Trinajstić information content (AvgIpc) is 2.21. The van der Waals surface area contributed by atoms with Gasteiger partial charge in [-0.05, 0) is 18.6 Å². The van der Waals surface area contributed by atoms with Crippen molar-refractivity contribution in [2.24, 2.45) is 0 Å². The fourth-order valence-corrected chi connectivity index (χ4v) is 2.05. The summed E-state index contributed by atoms with van der Waals surface area (Å²) in [4.78, 5) is 25.3. The first-order valence-corrected chi connectivity index (χ1v) is 4.98. The second-order valence-corrected chi connectivity index (χ2v) is 3.84. The Bertz CT molecular complexity index is 456. The van der Waals surface area contributed by atoms with Crippen molar-refractivity contribution in [2.45, 2.75) is 12.5 Å². The fraction of sp³-hybridized carbons (Fsp3) is 0.273. The molecule has 2 heterocycles. The number of nitrogens with zero attached hydrogens (tertiary/aromatic N) is 1. The van der Waals surface area contributed by atoms with Crippen LogP contribution in [-0.2, 0) is 4.79 Å². The summed E-state index contributed by atoms with van der Waals surface area (Å²) < 4.78 is 0. The summed E-state index contributed by atoms with van der Waals surface area (Å²) in [5, 5.41) is 2.78. The van der Waals surface area contributed by atoms with Crippen molar-refractivity contribution in [2.75, 3.05) is 11.9 Å². The van der Waals surface area contributed by atoms with E-state index in [-0.39, 0.29) is 17.9 Å². The summed E-state index contributed by atoms with van der Waals surface area (Å²) in [6, 6.07) is 6.87. The number of hydrogen-bond donors (Lipinski definition) is 1. The molecule has 0 unspecified atom stereocenters. The highest BCUT2D eigenvalue weighted by Crippen LogP contribution is 2.28. The van der Waals surface area contributed by atoms with E-state index in [0.717, 1.165) is 6.42 Å². The van der Waals surface area contributed by atoms with Crippen molar-refractivity contribution < 1.29 is 9.59 Å². The lowest BCUT2D eigenvalue weighted by Gasteiger charge is -2.37. The summed E-state index contributed by atoms with van der Waals surface area (Å²) in [5.74, 6) is -0.111. The monoisotopic (exact) mass is 202 g/mol. The number of carbonyl (C=O) groups is 2. The van der Waals surface area contributed by atoms with Crippen LogP contribution in [0, 0.1) is 0 Å². The zero-order valence-electron chi connectivity index (χ0n) is 8.06. The lowest BCUT2D eigenvalue weighted by Crippen LogP contribution is -2.55. The van der Waals surface area contributed by atoms with Gasteiger partial charge in [0.1, 0.15) is 6.04 Å². The molecule has 4 heteroatoms. The summed E-state index contributed by atoms with van der Waals surface area (Å²) >= 11 is 0. The molecule has 0 radical (unpaired) electrons. The highest BCUT2D eigenvalue weighted by atomic mass is 16.2. The summed E-state index contributed by atoms with van der Waals surface area (Å²) in [5.41, 5.74) is 1.22. The molecule has 2 aliphatic heterocycles.